The SMILES string of the molecule is CN(OCC(=O)O)C(=O)CCC1(NC(=O)OCC2c3ccccc3-c3ccccc32)CCCCC1. The first-order chi connectivity index (χ1) is 16.9. The number of benzene rings is 2. The average molecular weight is 481 g/mol. The number of ether oxygens (including phenoxy) is 1. The van der Waals surface area contributed by atoms with E-state index in [9.17, 15) is 14.4 Å². The molecule has 0 saturated heterocycles. The lowest BCUT2D eigenvalue weighted by atomic mass is 9.78. The Hall–Kier alpha value is -3.39. The van der Waals surface area contributed by atoms with Crippen LogP contribution < -0.4 is 5.32 Å². The Morgan fingerprint density at radius 1 is 1.00 bits per heavy atom. The summed E-state index contributed by atoms with van der Waals surface area (Å²) >= 11 is 0. The molecule has 0 aromatic heterocycles. The van der Waals surface area contributed by atoms with Gasteiger partial charge in [0.1, 0.15) is 6.61 Å². The topological polar surface area (TPSA) is 105 Å². The maximum Gasteiger partial charge on any atom is 0.407 e. The molecule has 186 valence electrons. The lowest BCUT2D eigenvalue weighted by Gasteiger charge is -2.38. The van der Waals surface area contributed by atoms with E-state index in [-0.39, 0.29) is 24.9 Å². The summed E-state index contributed by atoms with van der Waals surface area (Å²) in [4.78, 5) is 41.0. The molecule has 0 atom stereocenters. The number of alkyl carbamates (subject to hydrolysis) is 1. The first-order valence-electron chi connectivity index (χ1n) is 12.1. The molecule has 2 amide bonds. The van der Waals surface area contributed by atoms with E-state index in [1.54, 1.807) is 0 Å². The van der Waals surface area contributed by atoms with Gasteiger partial charge in [0.15, 0.2) is 6.61 Å². The molecule has 2 aliphatic carbocycles. The standard InChI is InChI=1S/C27H32N2O6/c1-29(35-18-25(31)32)24(30)13-16-27(14-7-2-8-15-27)28-26(33)34-17-23-21-11-5-3-9-19(21)20-10-4-6-12-22(20)23/h3-6,9-12,23H,2,7-8,13-18H2,1H3,(H,28,33)(H,31,32). The Balaban J connectivity index is 1.37. The van der Waals surface area contributed by atoms with Crippen LogP contribution in [-0.2, 0) is 19.2 Å². The predicted molar refractivity (Wildman–Crippen MR) is 130 cm³/mol. The van der Waals surface area contributed by atoms with Crippen LogP contribution in [0.5, 0.6) is 0 Å². The monoisotopic (exact) mass is 480 g/mol. The van der Waals surface area contributed by atoms with Crippen LogP contribution in [0.4, 0.5) is 4.79 Å². The van der Waals surface area contributed by atoms with Gasteiger partial charge in [-0.05, 0) is 41.5 Å². The van der Waals surface area contributed by atoms with Gasteiger partial charge in [-0.25, -0.2) is 14.7 Å². The molecular formula is C27H32N2O6. The molecule has 2 aromatic rings. The van der Waals surface area contributed by atoms with Gasteiger partial charge in [-0.3, -0.25) is 9.63 Å². The second-order valence-electron chi connectivity index (χ2n) is 9.35. The maximum atomic E-state index is 12.9. The first kappa shape index (κ1) is 24.7. The van der Waals surface area contributed by atoms with Gasteiger partial charge in [-0.15, -0.1) is 0 Å². The van der Waals surface area contributed by atoms with Gasteiger partial charge in [-0.1, -0.05) is 67.8 Å². The molecule has 2 aliphatic rings. The van der Waals surface area contributed by atoms with Crippen molar-refractivity contribution in [3.8, 4) is 11.1 Å². The van der Waals surface area contributed by atoms with E-state index >= 15 is 0 Å². The first-order valence-corrected chi connectivity index (χ1v) is 12.1. The molecule has 4 rings (SSSR count). The number of hydrogen-bond acceptors (Lipinski definition) is 5. The highest BCUT2D eigenvalue weighted by Gasteiger charge is 2.36. The van der Waals surface area contributed by atoms with Crippen LogP contribution in [0.25, 0.3) is 11.1 Å². The van der Waals surface area contributed by atoms with Crippen LogP contribution in [0.3, 0.4) is 0 Å². The zero-order chi connectivity index (χ0) is 24.8. The summed E-state index contributed by atoms with van der Waals surface area (Å²) in [6.07, 6.45) is 4.65. The van der Waals surface area contributed by atoms with Gasteiger partial charge in [-0.2, -0.15) is 0 Å². The molecule has 8 nitrogen and oxygen atoms in total. The fraction of sp³-hybridized carbons (Fsp3) is 0.444. The number of hydroxylamine groups is 2. The minimum atomic E-state index is -1.15. The number of fused-ring (bicyclic) bond motifs is 3. The largest absolute Gasteiger partial charge is 0.479 e. The maximum absolute atomic E-state index is 12.9. The number of nitrogens with zero attached hydrogens (tertiary/aromatic N) is 1. The Morgan fingerprint density at radius 2 is 1.60 bits per heavy atom. The van der Waals surface area contributed by atoms with Gasteiger partial charge in [0, 0.05) is 24.9 Å². The summed E-state index contributed by atoms with van der Waals surface area (Å²) < 4.78 is 5.75. The number of nitrogens with one attached hydrogen (secondary N) is 1. The molecule has 8 heteroatoms. The molecule has 2 N–H and O–H groups in total. The van der Waals surface area contributed by atoms with Crippen molar-refractivity contribution >= 4 is 18.0 Å². The number of carboxylic acid groups (broad SMARTS) is 1. The molecule has 2 aromatic carbocycles. The summed E-state index contributed by atoms with van der Waals surface area (Å²) in [6.45, 7) is -0.341. The summed E-state index contributed by atoms with van der Waals surface area (Å²) in [6, 6.07) is 16.4. The second-order valence-corrected chi connectivity index (χ2v) is 9.35. The van der Waals surface area contributed by atoms with Crippen LogP contribution >= 0.6 is 0 Å². The van der Waals surface area contributed by atoms with Crippen molar-refractivity contribution in [1.82, 2.24) is 10.4 Å². The third-order valence-electron chi connectivity index (χ3n) is 7.07. The fourth-order valence-corrected chi connectivity index (χ4v) is 5.24. The number of rotatable bonds is 9. The number of amides is 2. The Kier molecular flexibility index (Phi) is 7.70. The molecule has 0 spiro atoms. The summed E-state index contributed by atoms with van der Waals surface area (Å²) in [5, 5.41) is 12.8. The van der Waals surface area contributed by atoms with Gasteiger partial charge >= 0.3 is 12.1 Å². The number of aliphatic carboxylic acids is 1. The minimum Gasteiger partial charge on any atom is -0.479 e. The Morgan fingerprint density at radius 3 is 2.20 bits per heavy atom. The van der Waals surface area contributed by atoms with E-state index in [4.69, 9.17) is 14.7 Å². The van der Waals surface area contributed by atoms with Crippen molar-refractivity contribution < 1.29 is 29.1 Å². The van der Waals surface area contributed by atoms with Crippen molar-refractivity contribution in [3.63, 3.8) is 0 Å². The minimum absolute atomic E-state index is 0.0166. The molecule has 1 fully saturated rings. The molecule has 0 heterocycles. The second kappa shape index (κ2) is 10.9. The van der Waals surface area contributed by atoms with E-state index in [1.807, 2.05) is 24.3 Å². The fourth-order valence-electron chi connectivity index (χ4n) is 5.24. The summed E-state index contributed by atoms with van der Waals surface area (Å²) in [5.41, 5.74) is 4.14. The molecular weight excluding hydrogens is 448 g/mol. The third-order valence-corrected chi connectivity index (χ3v) is 7.07. The van der Waals surface area contributed by atoms with Crippen molar-refractivity contribution in [2.45, 2.75) is 56.4 Å². The number of carboxylic acids is 1. The molecule has 0 aliphatic heterocycles. The molecule has 0 bridgehead atoms. The Bertz CT molecular complexity index is 1030. The van der Waals surface area contributed by atoms with E-state index in [1.165, 1.54) is 18.2 Å². The van der Waals surface area contributed by atoms with Gasteiger partial charge in [0.05, 0.1) is 0 Å². The van der Waals surface area contributed by atoms with Crippen LogP contribution in [0.2, 0.25) is 0 Å². The highest BCUT2D eigenvalue weighted by Crippen LogP contribution is 2.44. The highest BCUT2D eigenvalue weighted by atomic mass is 16.7. The van der Waals surface area contributed by atoms with E-state index in [0.29, 0.717) is 6.42 Å². The van der Waals surface area contributed by atoms with E-state index < -0.39 is 24.2 Å². The average Bonchev–Trinajstić information content (AvgIpc) is 3.19. The van der Waals surface area contributed by atoms with Gasteiger partial charge in [0.2, 0.25) is 5.91 Å². The molecule has 1 saturated carbocycles. The van der Waals surface area contributed by atoms with Crippen LogP contribution in [0.15, 0.2) is 48.5 Å². The quantitative estimate of drug-likeness (QED) is 0.513. The lowest BCUT2D eigenvalue weighted by Crippen LogP contribution is -2.50. The smallest absolute Gasteiger partial charge is 0.407 e. The van der Waals surface area contributed by atoms with Crippen LogP contribution in [-0.4, -0.2) is 53.9 Å². The molecule has 0 unspecified atom stereocenters. The van der Waals surface area contributed by atoms with Gasteiger partial charge < -0.3 is 15.2 Å². The summed E-state index contributed by atoms with van der Waals surface area (Å²) in [5.74, 6) is -1.49. The van der Waals surface area contributed by atoms with Crippen LogP contribution in [0, 0.1) is 0 Å². The molecule has 35 heavy (non-hydrogen) atoms. The third kappa shape index (κ3) is 5.82. The number of carbonyl (C=O) groups is 3. The van der Waals surface area contributed by atoms with E-state index in [0.717, 1.165) is 48.3 Å². The predicted octanol–water partition coefficient (Wildman–Crippen LogP) is 4.48. The summed E-state index contributed by atoms with van der Waals surface area (Å²) in [7, 11) is 1.40. The van der Waals surface area contributed by atoms with Crippen molar-refractivity contribution in [2.75, 3.05) is 20.3 Å². The Labute approximate surface area is 205 Å². The normalized spacial score (nSPS) is 16.1. The van der Waals surface area contributed by atoms with E-state index in [2.05, 4.69) is 29.6 Å². The van der Waals surface area contributed by atoms with Crippen LogP contribution in [0.1, 0.15) is 62.0 Å². The molecule has 0 radical (unpaired) electrons. The zero-order valence-electron chi connectivity index (χ0n) is 20.0. The number of carbonyl (C=O) groups excluding carboxylic acids is 2. The highest BCUT2D eigenvalue weighted by molar-refractivity contribution is 5.79. The zero-order valence-corrected chi connectivity index (χ0v) is 20.0. The van der Waals surface area contributed by atoms with Crippen molar-refractivity contribution in [1.29, 1.82) is 0 Å². The van der Waals surface area contributed by atoms with Crippen molar-refractivity contribution in [3.05, 3.63) is 59.7 Å². The lowest BCUT2D eigenvalue weighted by molar-refractivity contribution is -0.186. The van der Waals surface area contributed by atoms with Gasteiger partial charge in [0.25, 0.3) is 0 Å². The number of hydrogen-bond donors (Lipinski definition) is 2. The van der Waals surface area contributed by atoms with Crippen molar-refractivity contribution in [2.24, 2.45) is 0 Å².